The van der Waals surface area contributed by atoms with Crippen LogP contribution in [0.25, 0.3) is 0 Å². The van der Waals surface area contributed by atoms with Gasteiger partial charge in [-0.2, -0.15) is 0 Å². The van der Waals surface area contributed by atoms with Crippen molar-refractivity contribution >= 4 is 48.3 Å². The number of carbonyl (C=O) groups excluding carboxylic acids is 1. The molecule has 0 bridgehead atoms. The molecule has 0 aliphatic heterocycles. The average molecular weight is 497 g/mol. The summed E-state index contributed by atoms with van der Waals surface area (Å²) in [6.45, 7) is 29.4. The number of hydrogen-bond acceptors (Lipinski definition) is 6. The van der Waals surface area contributed by atoms with Gasteiger partial charge in [-0.3, -0.25) is 0 Å². The molecule has 0 radical (unpaired) electrons. The van der Waals surface area contributed by atoms with Crippen LogP contribution in [0.1, 0.15) is 6.92 Å². The van der Waals surface area contributed by atoms with E-state index in [2.05, 4.69) is 85.5 Å². The van der Waals surface area contributed by atoms with Crippen LogP contribution in [0.5, 0.6) is 0 Å². The molecule has 172 valence electrons. The molecule has 0 aromatic heterocycles. The number of rotatable bonds is 13. The van der Waals surface area contributed by atoms with Gasteiger partial charge in [0.1, 0.15) is 0 Å². The molecule has 2 atom stereocenters. The summed E-state index contributed by atoms with van der Waals surface area (Å²) in [6.07, 6.45) is 1.19. The molecule has 0 saturated heterocycles. The van der Waals surface area contributed by atoms with Gasteiger partial charge in [0.15, 0.2) is 16.6 Å². The summed E-state index contributed by atoms with van der Waals surface area (Å²) in [5, 5.41) is 0. The Morgan fingerprint density at radius 1 is 0.793 bits per heavy atom. The highest BCUT2D eigenvalue weighted by atomic mass is 28.5. The van der Waals surface area contributed by atoms with Crippen LogP contribution in [0.2, 0.25) is 78.1 Å². The first-order chi connectivity index (χ1) is 12.7. The highest BCUT2D eigenvalue weighted by Crippen LogP contribution is 2.30. The predicted octanol–water partition coefficient (Wildman–Crippen LogP) is 5.56. The zero-order chi connectivity index (χ0) is 23.3. The van der Waals surface area contributed by atoms with Crippen LogP contribution >= 0.6 is 0 Å². The monoisotopic (exact) mass is 496 g/mol. The Kier molecular flexibility index (Phi) is 10.7. The summed E-state index contributed by atoms with van der Waals surface area (Å²) >= 11 is 0. The second-order valence-corrected chi connectivity index (χ2v) is 30.7. The number of carbonyl (C=O) groups is 1. The van der Waals surface area contributed by atoms with E-state index in [0.717, 1.165) is 6.04 Å². The van der Waals surface area contributed by atoms with Gasteiger partial charge in [-0.1, -0.05) is 13.5 Å². The van der Waals surface area contributed by atoms with Crippen molar-refractivity contribution in [3.8, 4) is 0 Å². The van der Waals surface area contributed by atoms with Gasteiger partial charge >= 0.3 is 31.7 Å². The Morgan fingerprint density at radius 2 is 1.24 bits per heavy atom. The topological polar surface area (TPSA) is 63.2 Å². The van der Waals surface area contributed by atoms with Crippen molar-refractivity contribution in [3.63, 3.8) is 0 Å². The third-order valence-electron chi connectivity index (χ3n) is 3.42. The summed E-state index contributed by atoms with van der Waals surface area (Å²) in [7, 11) is -10.9. The molecule has 0 N–H and O–H groups in total. The quantitative estimate of drug-likeness (QED) is 0.189. The van der Waals surface area contributed by atoms with Crippen molar-refractivity contribution < 1.29 is 26.0 Å². The Labute approximate surface area is 184 Å². The van der Waals surface area contributed by atoms with Crippen LogP contribution in [0.15, 0.2) is 12.7 Å². The minimum Gasteiger partial charge on any atom is -0.462 e. The van der Waals surface area contributed by atoms with Crippen LogP contribution in [0.4, 0.5) is 0 Å². The maximum absolute atomic E-state index is 11.4. The molecule has 0 aromatic rings. The molecule has 6 nitrogen and oxygen atoms in total. The van der Waals surface area contributed by atoms with Crippen LogP contribution in [-0.2, 0) is 26.0 Å². The molecule has 0 spiro atoms. The summed E-state index contributed by atoms with van der Waals surface area (Å²) in [4.78, 5) is 11.4. The Hall–Kier alpha value is 0.134. The molecule has 29 heavy (non-hydrogen) atoms. The molecular formula is C18H44O6Si5. The van der Waals surface area contributed by atoms with E-state index in [0.29, 0.717) is 6.61 Å². The Balaban J connectivity index is 5.37. The lowest BCUT2D eigenvalue weighted by atomic mass is 10.2. The van der Waals surface area contributed by atoms with Gasteiger partial charge in [-0.15, -0.1) is 0 Å². The van der Waals surface area contributed by atoms with Gasteiger partial charge in [0.05, 0.1) is 6.61 Å². The predicted molar refractivity (Wildman–Crippen MR) is 133 cm³/mol. The SMILES string of the molecule is C=CC(=O)OCC(C)C[Si](C)(O[Si](C)(C)C)O[Si](C)(C)O[Si](C)(C)O[Si](C)(C)C. The molecule has 2 unspecified atom stereocenters. The molecular weight excluding hydrogens is 453 g/mol. The highest BCUT2D eigenvalue weighted by Gasteiger charge is 2.47. The molecule has 11 heteroatoms. The van der Waals surface area contributed by atoms with Crippen LogP contribution in [-0.4, -0.2) is 54.9 Å². The van der Waals surface area contributed by atoms with E-state index in [1.807, 2.05) is 0 Å². The molecule has 0 fully saturated rings. The van der Waals surface area contributed by atoms with Gasteiger partial charge in [0, 0.05) is 6.08 Å². The van der Waals surface area contributed by atoms with Crippen LogP contribution < -0.4 is 0 Å². The van der Waals surface area contributed by atoms with Crippen molar-refractivity contribution in [2.24, 2.45) is 5.92 Å². The summed E-state index contributed by atoms with van der Waals surface area (Å²) < 4.78 is 31.5. The van der Waals surface area contributed by atoms with E-state index in [4.69, 9.17) is 21.2 Å². The fourth-order valence-electron chi connectivity index (χ4n) is 3.62. The second-order valence-electron chi connectivity index (χ2n) is 10.7. The minimum atomic E-state index is -2.56. The first kappa shape index (κ1) is 29.1. The minimum absolute atomic E-state index is 0.125. The van der Waals surface area contributed by atoms with E-state index < -0.39 is 48.3 Å². The summed E-state index contributed by atoms with van der Waals surface area (Å²) in [5.41, 5.74) is 0. The third kappa shape index (κ3) is 14.7. The maximum Gasteiger partial charge on any atom is 0.330 e. The van der Waals surface area contributed by atoms with Gasteiger partial charge in [0.2, 0.25) is 0 Å². The van der Waals surface area contributed by atoms with Gasteiger partial charge in [-0.05, 0) is 84.0 Å². The Morgan fingerprint density at radius 3 is 1.66 bits per heavy atom. The van der Waals surface area contributed by atoms with E-state index in [1.165, 1.54) is 6.08 Å². The molecule has 0 aliphatic carbocycles. The van der Waals surface area contributed by atoms with Crippen molar-refractivity contribution in [1.82, 2.24) is 0 Å². The average Bonchev–Trinajstić information content (AvgIpc) is 2.36. The van der Waals surface area contributed by atoms with Crippen molar-refractivity contribution in [2.45, 2.75) is 85.0 Å². The lowest BCUT2D eigenvalue weighted by Crippen LogP contribution is -2.59. The fourth-order valence-corrected chi connectivity index (χ4v) is 27.3. The highest BCUT2D eigenvalue weighted by molar-refractivity contribution is 6.90. The van der Waals surface area contributed by atoms with E-state index in [1.54, 1.807) is 0 Å². The van der Waals surface area contributed by atoms with E-state index >= 15 is 0 Å². The van der Waals surface area contributed by atoms with Crippen molar-refractivity contribution in [1.29, 1.82) is 0 Å². The second kappa shape index (κ2) is 10.6. The first-order valence-electron chi connectivity index (χ1n) is 10.3. The Bertz CT molecular complexity index is 556. The zero-order valence-corrected chi connectivity index (χ0v) is 25.7. The normalized spacial score (nSPS) is 16.8. The largest absolute Gasteiger partial charge is 0.462 e. The molecule has 0 heterocycles. The molecule has 0 aromatic carbocycles. The smallest absolute Gasteiger partial charge is 0.330 e. The van der Waals surface area contributed by atoms with Gasteiger partial charge in [0.25, 0.3) is 0 Å². The number of ether oxygens (including phenoxy) is 1. The first-order valence-corrected chi connectivity index (χ1v) is 25.2. The van der Waals surface area contributed by atoms with Gasteiger partial charge < -0.3 is 21.2 Å². The fraction of sp³-hybridized carbons (Fsp3) is 0.833. The molecule has 0 saturated carbocycles. The van der Waals surface area contributed by atoms with Crippen LogP contribution in [0, 0.1) is 5.92 Å². The lowest BCUT2D eigenvalue weighted by Gasteiger charge is -2.43. The molecule has 0 aliphatic rings. The number of hydrogen-bond donors (Lipinski definition) is 0. The third-order valence-corrected chi connectivity index (χ3v) is 21.1. The zero-order valence-electron chi connectivity index (χ0n) is 20.7. The van der Waals surface area contributed by atoms with E-state index in [-0.39, 0.29) is 5.92 Å². The standard InChI is InChI=1S/C18H44O6Si5/c1-14-18(19)20-15-17(2)16-29(13,22-26(6,7)8)24-28(11,12)23-27(9,10)21-25(3,4)5/h14,17H,1,15-16H2,2-13H3. The summed E-state index contributed by atoms with van der Waals surface area (Å²) in [5.74, 6) is -0.276. The van der Waals surface area contributed by atoms with E-state index in [9.17, 15) is 4.79 Å². The molecule has 0 amide bonds. The summed E-state index contributed by atoms with van der Waals surface area (Å²) in [6, 6.07) is 0.734. The van der Waals surface area contributed by atoms with Crippen molar-refractivity contribution in [2.75, 3.05) is 6.61 Å². The lowest BCUT2D eigenvalue weighted by molar-refractivity contribution is -0.138. The van der Waals surface area contributed by atoms with Crippen LogP contribution in [0.3, 0.4) is 0 Å². The maximum atomic E-state index is 11.4. The van der Waals surface area contributed by atoms with Gasteiger partial charge in [-0.25, -0.2) is 4.79 Å². The van der Waals surface area contributed by atoms with Crippen molar-refractivity contribution in [3.05, 3.63) is 12.7 Å². The number of esters is 1. The molecule has 0 rings (SSSR count).